The van der Waals surface area contributed by atoms with Crippen molar-refractivity contribution in [3.63, 3.8) is 0 Å². The third-order valence-corrected chi connectivity index (χ3v) is 6.63. The monoisotopic (exact) mass is 278 g/mol. The van der Waals surface area contributed by atoms with E-state index in [2.05, 4.69) is 31.9 Å². The summed E-state index contributed by atoms with van der Waals surface area (Å²) in [5.74, 6) is 4.13. The van der Waals surface area contributed by atoms with Crippen LogP contribution in [-0.4, -0.2) is 9.65 Å². The maximum atomic E-state index is 3.86. The molecule has 6 atom stereocenters. The zero-order chi connectivity index (χ0) is 7.59. The number of hydrogen-bond acceptors (Lipinski definition) is 0. The molecule has 0 aromatic heterocycles. The predicted octanol–water partition coefficient (Wildman–Crippen LogP) is 3.19. The van der Waals surface area contributed by atoms with Crippen molar-refractivity contribution in [2.24, 2.45) is 23.7 Å². The van der Waals surface area contributed by atoms with Crippen LogP contribution in [0.1, 0.15) is 19.3 Å². The molecule has 0 heterocycles. The molecule has 2 bridgehead atoms. The average Bonchev–Trinajstić information content (AvgIpc) is 2.68. The molecule has 0 unspecified atom stereocenters. The number of alkyl halides is 2. The van der Waals surface area contributed by atoms with Gasteiger partial charge in [-0.1, -0.05) is 31.9 Å². The van der Waals surface area contributed by atoms with Crippen molar-refractivity contribution in [2.45, 2.75) is 28.9 Å². The van der Waals surface area contributed by atoms with Gasteiger partial charge in [0.2, 0.25) is 0 Å². The van der Waals surface area contributed by atoms with Crippen LogP contribution in [0.2, 0.25) is 0 Å². The zero-order valence-electron chi connectivity index (χ0n) is 6.34. The van der Waals surface area contributed by atoms with Crippen molar-refractivity contribution < 1.29 is 0 Å². The molecule has 0 nitrogen and oxygen atoms in total. The van der Waals surface area contributed by atoms with E-state index in [1.54, 1.807) is 0 Å². The van der Waals surface area contributed by atoms with Crippen LogP contribution in [0.25, 0.3) is 0 Å². The molecule has 0 amide bonds. The van der Waals surface area contributed by atoms with Gasteiger partial charge in [-0.05, 0) is 42.9 Å². The fraction of sp³-hybridized carbons (Fsp3) is 1.00. The number of hydrogen-bond donors (Lipinski definition) is 0. The first-order valence-electron chi connectivity index (χ1n) is 4.57. The van der Waals surface area contributed by atoms with E-state index in [0.29, 0.717) is 0 Å². The smallest absolute Gasteiger partial charge is 0.0215 e. The molecule has 3 aliphatic rings. The largest absolute Gasteiger partial charge is 0.0884 e. The normalized spacial score (nSPS) is 66.0. The zero-order valence-corrected chi connectivity index (χ0v) is 9.51. The highest BCUT2D eigenvalue weighted by atomic mass is 79.9. The van der Waals surface area contributed by atoms with Gasteiger partial charge in [-0.25, -0.2) is 0 Å². The van der Waals surface area contributed by atoms with E-state index in [-0.39, 0.29) is 0 Å². The van der Waals surface area contributed by atoms with Gasteiger partial charge in [0.1, 0.15) is 0 Å². The van der Waals surface area contributed by atoms with Crippen molar-refractivity contribution in [1.29, 1.82) is 0 Å². The second-order valence-corrected chi connectivity index (χ2v) is 6.47. The molecule has 3 fully saturated rings. The topological polar surface area (TPSA) is 0 Å². The molecule has 2 heteroatoms. The second kappa shape index (κ2) is 2.25. The summed E-state index contributed by atoms with van der Waals surface area (Å²) in [6.45, 7) is 0. The van der Waals surface area contributed by atoms with Crippen LogP contribution in [0.15, 0.2) is 0 Å². The molecule has 11 heavy (non-hydrogen) atoms. The Morgan fingerprint density at radius 1 is 0.727 bits per heavy atom. The maximum absolute atomic E-state index is 3.86. The summed E-state index contributed by atoms with van der Waals surface area (Å²) < 4.78 is 0. The van der Waals surface area contributed by atoms with E-state index in [0.717, 1.165) is 33.3 Å². The van der Waals surface area contributed by atoms with Gasteiger partial charge in [0.15, 0.2) is 0 Å². The molecule has 3 aliphatic carbocycles. The van der Waals surface area contributed by atoms with Crippen LogP contribution in [-0.2, 0) is 0 Å². The summed E-state index contributed by atoms with van der Waals surface area (Å²) in [4.78, 5) is 1.69. The van der Waals surface area contributed by atoms with Crippen molar-refractivity contribution in [3.05, 3.63) is 0 Å². The number of fused-ring (bicyclic) bond motifs is 4. The Hall–Kier alpha value is 0.960. The summed E-state index contributed by atoms with van der Waals surface area (Å²) in [6.07, 6.45) is 4.46. The molecule has 0 saturated heterocycles. The molecule has 0 radical (unpaired) electrons. The lowest BCUT2D eigenvalue weighted by Crippen LogP contribution is -2.30. The minimum Gasteiger partial charge on any atom is -0.0884 e. The summed E-state index contributed by atoms with van der Waals surface area (Å²) in [5, 5.41) is 0. The molecule has 3 saturated carbocycles. The summed E-state index contributed by atoms with van der Waals surface area (Å²) in [5.41, 5.74) is 0. The van der Waals surface area contributed by atoms with Crippen LogP contribution in [0.4, 0.5) is 0 Å². The lowest BCUT2D eigenvalue weighted by atomic mass is 9.89. The van der Waals surface area contributed by atoms with Gasteiger partial charge >= 0.3 is 0 Å². The minimum absolute atomic E-state index is 0.843. The van der Waals surface area contributed by atoms with Crippen LogP contribution in [0.3, 0.4) is 0 Å². The van der Waals surface area contributed by atoms with Gasteiger partial charge in [-0.2, -0.15) is 0 Å². The quantitative estimate of drug-likeness (QED) is 0.598. The van der Waals surface area contributed by atoms with Gasteiger partial charge in [0, 0.05) is 9.65 Å². The van der Waals surface area contributed by atoms with Crippen LogP contribution in [0.5, 0.6) is 0 Å². The van der Waals surface area contributed by atoms with Gasteiger partial charge < -0.3 is 0 Å². The third-order valence-electron chi connectivity index (χ3n) is 3.91. The molecule has 0 spiro atoms. The van der Waals surface area contributed by atoms with E-state index in [9.17, 15) is 0 Å². The standard InChI is InChI=1S/C9H12Br2/c10-8-4-1-2-5(8)9(11)7-3-6(4)7/h4-9H,1-3H2/t4-,5-,6-,7+,8+,9-/m1/s1. The molecule has 0 aromatic rings. The van der Waals surface area contributed by atoms with Gasteiger partial charge in [0.25, 0.3) is 0 Å². The molecule has 0 aliphatic heterocycles. The lowest BCUT2D eigenvalue weighted by Gasteiger charge is -2.28. The Morgan fingerprint density at radius 3 is 2.18 bits per heavy atom. The Balaban J connectivity index is 1.94. The maximum Gasteiger partial charge on any atom is 0.0215 e. The van der Waals surface area contributed by atoms with E-state index in [1.165, 1.54) is 19.3 Å². The first kappa shape index (κ1) is 7.37. The third kappa shape index (κ3) is 0.861. The summed E-state index contributed by atoms with van der Waals surface area (Å²) in [6, 6.07) is 0. The Morgan fingerprint density at radius 2 is 1.36 bits per heavy atom. The van der Waals surface area contributed by atoms with Gasteiger partial charge in [0.05, 0.1) is 0 Å². The van der Waals surface area contributed by atoms with Crippen molar-refractivity contribution in [1.82, 2.24) is 0 Å². The molecule has 0 N–H and O–H groups in total. The lowest BCUT2D eigenvalue weighted by molar-refractivity contribution is 0.371. The van der Waals surface area contributed by atoms with E-state index < -0.39 is 0 Å². The van der Waals surface area contributed by atoms with Crippen LogP contribution >= 0.6 is 31.9 Å². The highest BCUT2D eigenvalue weighted by Gasteiger charge is 2.59. The first-order valence-corrected chi connectivity index (χ1v) is 6.40. The number of halogens is 2. The van der Waals surface area contributed by atoms with Crippen molar-refractivity contribution >= 4 is 31.9 Å². The summed E-state index contributed by atoms with van der Waals surface area (Å²) >= 11 is 7.72. The minimum atomic E-state index is 0.843. The molecular formula is C9H12Br2. The second-order valence-electron chi connectivity index (χ2n) is 4.36. The summed E-state index contributed by atoms with van der Waals surface area (Å²) in [7, 11) is 0. The highest BCUT2D eigenvalue weighted by molar-refractivity contribution is 9.10. The van der Waals surface area contributed by atoms with Gasteiger partial charge in [-0.15, -0.1) is 0 Å². The fourth-order valence-electron chi connectivity index (χ4n) is 3.22. The van der Waals surface area contributed by atoms with E-state index in [1.807, 2.05) is 0 Å². The van der Waals surface area contributed by atoms with Crippen LogP contribution < -0.4 is 0 Å². The van der Waals surface area contributed by atoms with E-state index >= 15 is 0 Å². The SMILES string of the molecule is Br[C@@H]1[C@@H]2CC[C@@H]([C@@H]2Br)[C@H]2C[C@H]12. The predicted molar refractivity (Wildman–Crippen MR) is 53.2 cm³/mol. The fourth-order valence-corrected chi connectivity index (χ4v) is 6.08. The number of rotatable bonds is 0. The Bertz CT molecular complexity index is 188. The van der Waals surface area contributed by atoms with Crippen LogP contribution in [0, 0.1) is 23.7 Å². The molecule has 3 rings (SSSR count). The Labute approximate surface area is 84.4 Å². The molecule has 0 aromatic carbocycles. The van der Waals surface area contributed by atoms with E-state index in [4.69, 9.17) is 0 Å². The van der Waals surface area contributed by atoms with Crippen molar-refractivity contribution in [2.75, 3.05) is 0 Å². The van der Waals surface area contributed by atoms with Crippen molar-refractivity contribution in [3.8, 4) is 0 Å². The molecular weight excluding hydrogens is 268 g/mol. The first-order chi connectivity index (χ1) is 5.29. The molecule has 62 valence electrons. The van der Waals surface area contributed by atoms with Gasteiger partial charge in [-0.3, -0.25) is 0 Å². The average molecular weight is 280 g/mol. The Kier molecular flexibility index (Phi) is 1.51. The highest BCUT2D eigenvalue weighted by Crippen LogP contribution is 2.64.